The standard InChI is InChI=1S/C17H23NO.ClH/c1-3-5-10-15(18)17-14-9-7-6-8-13(14)11-12-16(17)19-4-2;/h6-9,11-12,15H,3-5,10,18H2,1-2H3;1H/t15-;/m1./s1. The van der Waals surface area contributed by atoms with Crippen LogP contribution in [0.3, 0.4) is 0 Å². The van der Waals surface area contributed by atoms with Gasteiger partial charge in [-0.2, -0.15) is 0 Å². The second-order valence-electron chi connectivity index (χ2n) is 4.88. The Hall–Kier alpha value is -1.25. The molecule has 0 aliphatic rings. The van der Waals surface area contributed by atoms with E-state index < -0.39 is 0 Å². The Bertz CT molecular complexity index is 542. The summed E-state index contributed by atoms with van der Waals surface area (Å²) in [5.41, 5.74) is 7.56. The van der Waals surface area contributed by atoms with Crippen LogP contribution in [-0.2, 0) is 0 Å². The number of rotatable bonds is 6. The lowest BCUT2D eigenvalue weighted by atomic mass is 9.95. The molecular weight excluding hydrogens is 270 g/mol. The van der Waals surface area contributed by atoms with Crippen molar-refractivity contribution in [2.75, 3.05) is 6.61 Å². The lowest BCUT2D eigenvalue weighted by molar-refractivity contribution is 0.334. The fourth-order valence-electron chi connectivity index (χ4n) is 2.51. The van der Waals surface area contributed by atoms with Crippen molar-refractivity contribution in [2.24, 2.45) is 5.73 Å². The van der Waals surface area contributed by atoms with Gasteiger partial charge in [0.2, 0.25) is 0 Å². The number of halogens is 1. The van der Waals surface area contributed by atoms with Gasteiger partial charge in [0.25, 0.3) is 0 Å². The minimum atomic E-state index is 0. The maximum absolute atomic E-state index is 6.40. The SMILES string of the molecule is CCCC[C@@H](N)c1c(OCC)ccc2ccccc12.Cl. The van der Waals surface area contributed by atoms with Gasteiger partial charge in [-0.3, -0.25) is 0 Å². The van der Waals surface area contributed by atoms with E-state index in [0.717, 1.165) is 24.2 Å². The second-order valence-corrected chi connectivity index (χ2v) is 4.88. The van der Waals surface area contributed by atoms with Crippen LogP contribution in [-0.4, -0.2) is 6.61 Å². The summed E-state index contributed by atoms with van der Waals surface area (Å²) in [4.78, 5) is 0. The zero-order valence-corrected chi connectivity index (χ0v) is 13.1. The van der Waals surface area contributed by atoms with Crippen molar-refractivity contribution in [2.45, 2.75) is 39.2 Å². The Morgan fingerprint density at radius 1 is 1.10 bits per heavy atom. The molecule has 1 atom stereocenters. The minimum absolute atomic E-state index is 0. The van der Waals surface area contributed by atoms with E-state index in [0.29, 0.717) is 6.61 Å². The van der Waals surface area contributed by atoms with E-state index in [1.54, 1.807) is 0 Å². The maximum Gasteiger partial charge on any atom is 0.124 e. The van der Waals surface area contributed by atoms with Gasteiger partial charge in [-0.05, 0) is 30.2 Å². The van der Waals surface area contributed by atoms with Crippen molar-refractivity contribution in [3.05, 3.63) is 42.0 Å². The van der Waals surface area contributed by atoms with E-state index in [9.17, 15) is 0 Å². The third kappa shape index (κ3) is 3.65. The predicted molar refractivity (Wildman–Crippen MR) is 88.8 cm³/mol. The molecule has 0 fully saturated rings. The maximum atomic E-state index is 6.40. The predicted octanol–water partition coefficient (Wildman–Crippen LogP) is 4.85. The van der Waals surface area contributed by atoms with Crippen LogP contribution in [0.5, 0.6) is 5.75 Å². The molecule has 0 amide bonds. The summed E-state index contributed by atoms with van der Waals surface area (Å²) < 4.78 is 5.77. The topological polar surface area (TPSA) is 35.2 Å². The first kappa shape index (κ1) is 16.8. The summed E-state index contributed by atoms with van der Waals surface area (Å²) in [5.74, 6) is 0.935. The summed E-state index contributed by atoms with van der Waals surface area (Å²) in [6, 6.07) is 12.6. The first-order valence-electron chi connectivity index (χ1n) is 7.18. The quantitative estimate of drug-likeness (QED) is 0.826. The molecule has 0 saturated carbocycles. The second kappa shape index (κ2) is 8.13. The first-order valence-corrected chi connectivity index (χ1v) is 7.18. The highest BCUT2D eigenvalue weighted by Gasteiger charge is 2.15. The van der Waals surface area contributed by atoms with Gasteiger partial charge in [-0.25, -0.2) is 0 Å². The number of hydrogen-bond acceptors (Lipinski definition) is 2. The largest absolute Gasteiger partial charge is 0.494 e. The highest BCUT2D eigenvalue weighted by Crippen LogP contribution is 2.34. The zero-order valence-electron chi connectivity index (χ0n) is 12.3. The first-order chi connectivity index (χ1) is 9.27. The van der Waals surface area contributed by atoms with Crippen molar-refractivity contribution in [3.8, 4) is 5.75 Å². The van der Waals surface area contributed by atoms with Crippen LogP contribution in [0.25, 0.3) is 10.8 Å². The molecule has 0 heterocycles. The van der Waals surface area contributed by atoms with Gasteiger partial charge in [0.15, 0.2) is 0 Å². The van der Waals surface area contributed by atoms with Gasteiger partial charge in [-0.15, -0.1) is 12.4 Å². The number of nitrogens with two attached hydrogens (primary N) is 1. The fraction of sp³-hybridized carbons (Fsp3) is 0.412. The Morgan fingerprint density at radius 3 is 2.55 bits per heavy atom. The molecule has 0 saturated heterocycles. The van der Waals surface area contributed by atoms with Crippen LogP contribution in [0.2, 0.25) is 0 Å². The highest BCUT2D eigenvalue weighted by atomic mass is 35.5. The van der Waals surface area contributed by atoms with Crippen molar-refractivity contribution in [1.82, 2.24) is 0 Å². The van der Waals surface area contributed by atoms with Crippen molar-refractivity contribution < 1.29 is 4.74 Å². The average Bonchev–Trinajstić information content (AvgIpc) is 2.45. The molecule has 2 N–H and O–H groups in total. The molecule has 3 heteroatoms. The molecule has 2 rings (SSSR count). The number of hydrogen-bond donors (Lipinski definition) is 1. The molecule has 2 aromatic carbocycles. The average molecular weight is 294 g/mol. The monoisotopic (exact) mass is 293 g/mol. The summed E-state index contributed by atoms with van der Waals surface area (Å²) in [6.07, 6.45) is 3.32. The Kier molecular flexibility index (Phi) is 6.83. The summed E-state index contributed by atoms with van der Waals surface area (Å²) in [7, 11) is 0. The van der Waals surface area contributed by atoms with E-state index in [1.165, 1.54) is 17.2 Å². The van der Waals surface area contributed by atoms with Crippen molar-refractivity contribution in [1.29, 1.82) is 0 Å². The molecule has 0 spiro atoms. The van der Waals surface area contributed by atoms with Crippen LogP contribution in [0.4, 0.5) is 0 Å². The molecule has 0 unspecified atom stereocenters. The number of ether oxygens (including phenoxy) is 1. The minimum Gasteiger partial charge on any atom is -0.494 e. The van der Waals surface area contributed by atoms with E-state index >= 15 is 0 Å². The Labute approximate surface area is 127 Å². The van der Waals surface area contributed by atoms with E-state index in [2.05, 4.69) is 37.3 Å². The molecule has 0 aromatic heterocycles. The van der Waals surface area contributed by atoms with Crippen LogP contribution in [0.15, 0.2) is 36.4 Å². The van der Waals surface area contributed by atoms with Crippen molar-refractivity contribution >= 4 is 23.2 Å². The van der Waals surface area contributed by atoms with Crippen LogP contribution in [0, 0.1) is 0 Å². The van der Waals surface area contributed by atoms with E-state index in [1.807, 2.05) is 13.0 Å². The summed E-state index contributed by atoms with van der Waals surface area (Å²) >= 11 is 0. The molecule has 0 aliphatic carbocycles. The van der Waals surface area contributed by atoms with Crippen LogP contribution in [0.1, 0.15) is 44.7 Å². The van der Waals surface area contributed by atoms with E-state index in [-0.39, 0.29) is 18.4 Å². The van der Waals surface area contributed by atoms with Crippen molar-refractivity contribution in [3.63, 3.8) is 0 Å². The molecule has 2 aromatic rings. The van der Waals surface area contributed by atoms with Gasteiger partial charge < -0.3 is 10.5 Å². The van der Waals surface area contributed by atoms with Gasteiger partial charge in [0.1, 0.15) is 5.75 Å². The molecule has 110 valence electrons. The Balaban J connectivity index is 0.00000200. The third-order valence-electron chi connectivity index (χ3n) is 3.47. The molecule has 0 aliphatic heterocycles. The van der Waals surface area contributed by atoms with Gasteiger partial charge in [0.05, 0.1) is 6.61 Å². The van der Waals surface area contributed by atoms with E-state index in [4.69, 9.17) is 10.5 Å². The highest BCUT2D eigenvalue weighted by molar-refractivity contribution is 5.88. The molecule has 20 heavy (non-hydrogen) atoms. The molecular formula is C17H24ClNO. The van der Waals surface area contributed by atoms with Gasteiger partial charge >= 0.3 is 0 Å². The van der Waals surface area contributed by atoms with Gasteiger partial charge in [-0.1, -0.05) is 50.1 Å². The lowest BCUT2D eigenvalue weighted by Gasteiger charge is -2.19. The number of benzene rings is 2. The van der Waals surface area contributed by atoms with Crippen LogP contribution < -0.4 is 10.5 Å². The zero-order chi connectivity index (χ0) is 13.7. The lowest BCUT2D eigenvalue weighted by Crippen LogP contribution is -2.12. The normalized spacial score (nSPS) is 11.9. The Morgan fingerprint density at radius 2 is 1.85 bits per heavy atom. The molecule has 2 nitrogen and oxygen atoms in total. The molecule has 0 radical (unpaired) electrons. The fourth-order valence-corrected chi connectivity index (χ4v) is 2.51. The summed E-state index contributed by atoms with van der Waals surface area (Å²) in [6.45, 7) is 4.88. The third-order valence-corrected chi connectivity index (χ3v) is 3.47. The smallest absolute Gasteiger partial charge is 0.124 e. The van der Waals surface area contributed by atoms with Crippen LogP contribution >= 0.6 is 12.4 Å². The van der Waals surface area contributed by atoms with Gasteiger partial charge in [0, 0.05) is 11.6 Å². The number of fused-ring (bicyclic) bond motifs is 1. The molecule has 0 bridgehead atoms. The summed E-state index contributed by atoms with van der Waals surface area (Å²) in [5, 5.41) is 2.45. The number of unbranched alkanes of at least 4 members (excludes halogenated alkanes) is 1.